The van der Waals surface area contributed by atoms with E-state index < -0.39 is 0 Å². The fraction of sp³-hybridized carbons (Fsp3) is 0.111. The van der Waals surface area contributed by atoms with E-state index in [0.29, 0.717) is 28.1 Å². The number of nitrogens with zero attached hydrogens (tertiary/aromatic N) is 5. The molecule has 8 nitrogen and oxygen atoms in total. The van der Waals surface area contributed by atoms with Crippen molar-refractivity contribution in [1.29, 1.82) is 0 Å². The molecule has 0 aliphatic rings. The van der Waals surface area contributed by atoms with Crippen LogP contribution < -0.4 is 5.32 Å². The van der Waals surface area contributed by atoms with Gasteiger partial charge in [0.15, 0.2) is 5.82 Å². The molecule has 0 fully saturated rings. The number of hydrogen-bond acceptors (Lipinski definition) is 6. The van der Waals surface area contributed by atoms with Crippen molar-refractivity contribution < 1.29 is 9.53 Å². The minimum absolute atomic E-state index is 0.305. The van der Waals surface area contributed by atoms with Crippen molar-refractivity contribution in [3.63, 3.8) is 0 Å². The fourth-order valence-corrected chi connectivity index (χ4v) is 3.34. The van der Waals surface area contributed by atoms with Gasteiger partial charge < -0.3 is 9.30 Å². The molecule has 9 heteroatoms. The van der Waals surface area contributed by atoms with Crippen molar-refractivity contribution in [2.75, 3.05) is 12.4 Å². The Morgan fingerprint density at radius 2 is 1.93 bits per heavy atom. The van der Waals surface area contributed by atoms with Gasteiger partial charge in [0.1, 0.15) is 17.2 Å². The lowest BCUT2D eigenvalue weighted by Crippen LogP contribution is -2.15. The lowest BCUT2D eigenvalue weighted by molar-refractivity contribution is 0.102. The van der Waals surface area contributed by atoms with Gasteiger partial charge in [-0.3, -0.25) is 10.1 Å². The summed E-state index contributed by atoms with van der Waals surface area (Å²) in [6, 6.07) is 13.4. The first kappa shape index (κ1) is 17.1. The van der Waals surface area contributed by atoms with E-state index in [9.17, 15) is 4.79 Å². The van der Waals surface area contributed by atoms with Gasteiger partial charge in [0, 0.05) is 19.5 Å². The molecule has 3 aromatic heterocycles. The number of rotatable bonds is 6. The second-order valence-corrected chi connectivity index (χ2v) is 6.67. The molecule has 0 radical (unpaired) electrons. The summed E-state index contributed by atoms with van der Waals surface area (Å²) in [6.45, 7) is 0.355. The largest absolute Gasteiger partial charge is 0.377 e. The summed E-state index contributed by atoms with van der Waals surface area (Å²) in [6.07, 6.45) is 5.29. The predicted molar refractivity (Wildman–Crippen MR) is 101 cm³/mol. The van der Waals surface area contributed by atoms with Crippen LogP contribution in [0.5, 0.6) is 0 Å². The zero-order valence-electron chi connectivity index (χ0n) is 14.4. The van der Waals surface area contributed by atoms with Crippen molar-refractivity contribution in [1.82, 2.24) is 24.5 Å². The van der Waals surface area contributed by atoms with Gasteiger partial charge in [-0.05, 0) is 24.3 Å². The van der Waals surface area contributed by atoms with E-state index in [2.05, 4.69) is 20.6 Å². The second-order valence-electron chi connectivity index (χ2n) is 5.61. The molecule has 0 atom stereocenters. The van der Waals surface area contributed by atoms with E-state index in [1.165, 1.54) is 11.3 Å². The standard InChI is InChI=1S/C18H16N6O2S/c1-26-12-15-21-22-18(27-15)20-16(25)14-11-19-24(13-7-3-2-4-8-13)17(14)23-9-5-6-10-23/h2-11H,12H2,1H3,(H,20,22,25). The number of aromatic nitrogens is 5. The van der Waals surface area contributed by atoms with Crippen molar-refractivity contribution in [2.24, 2.45) is 0 Å². The summed E-state index contributed by atoms with van der Waals surface area (Å²) in [7, 11) is 1.58. The summed E-state index contributed by atoms with van der Waals surface area (Å²) in [4.78, 5) is 12.9. The number of carbonyl (C=O) groups is 1. The van der Waals surface area contributed by atoms with Gasteiger partial charge in [0.2, 0.25) is 5.13 Å². The Hall–Kier alpha value is -3.30. The molecule has 0 unspecified atom stereocenters. The molecule has 27 heavy (non-hydrogen) atoms. The Balaban J connectivity index is 1.70. The minimum atomic E-state index is -0.305. The number of nitrogens with one attached hydrogen (secondary N) is 1. The zero-order valence-corrected chi connectivity index (χ0v) is 15.3. The zero-order chi connectivity index (χ0) is 18.6. The van der Waals surface area contributed by atoms with E-state index >= 15 is 0 Å². The molecule has 1 amide bonds. The number of hydrogen-bond donors (Lipinski definition) is 1. The summed E-state index contributed by atoms with van der Waals surface area (Å²) in [5.74, 6) is 0.339. The van der Waals surface area contributed by atoms with E-state index in [0.717, 1.165) is 5.69 Å². The molecule has 4 aromatic rings. The van der Waals surface area contributed by atoms with Crippen LogP contribution in [-0.4, -0.2) is 37.6 Å². The molecule has 0 saturated carbocycles. The van der Waals surface area contributed by atoms with Crippen molar-refractivity contribution >= 4 is 22.4 Å². The monoisotopic (exact) mass is 380 g/mol. The Morgan fingerprint density at radius 1 is 1.15 bits per heavy atom. The Bertz CT molecular complexity index is 1040. The Kier molecular flexibility index (Phi) is 4.77. The van der Waals surface area contributed by atoms with Crippen molar-refractivity contribution in [3.8, 4) is 11.5 Å². The topological polar surface area (TPSA) is 86.9 Å². The quantitative estimate of drug-likeness (QED) is 0.556. The number of benzene rings is 1. The first-order valence-electron chi connectivity index (χ1n) is 8.15. The maximum absolute atomic E-state index is 12.9. The van der Waals surface area contributed by atoms with Crippen LogP contribution >= 0.6 is 11.3 Å². The molecule has 1 N–H and O–H groups in total. The highest BCUT2D eigenvalue weighted by Gasteiger charge is 2.21. The number of methoxy groups -OCH3 is 1. The third-order valence-electron chi connectivity index (χ3n) is 3.79. The van der Waals surface area contributed by atoms with Crippen LogP contribution in [0.25, 0.3) is 11.5 Å². The summed E-state index contributed by atoms with van der Waals surface area (Å²) in [5.41, 5.74) is 1.29. The molecule has 0 bridgehead atoms. The molecule has 136 valence electrons. The van der Waals surface area contributed by atoms with Gasteiger partial charge in [-0.15, -0.1) is 10.2 Å². The van der Waals surface area contributed by atoms with Gasteiger partial charge in [-0.2, -0.15) is 5.10 Å². The van der Waals surface area contributed by atoms with Gasteiger partial charge in [0.25, 0.3) is 5.91 Å². The van der Waals surface area contributed by atoms with Crippen LogP contribution in [0.3, 0.4) is 0 Å². The smallest absolute Gasteiger partial charge is 0.262 e. The predicted octanol–water partition coefficient (Wildman–Crippen LogP) is 2.91. The molecule has 3 heterocycles. The van der Waals surface area contributed by atoms with E-state index in [4.69, 9.17) is 4.74 Å². The molecule has 0 saturated heterocycles. The van der Waals surface area contributed by atoms with Crippen molar-refractivity contribution in [3.05, 3.63) is 71.6 Å². The number of para-hydroxylation sites is 1. The first-order chi connectivity index (χ1) is 13.3. The average molecular weight is 380 g/mol. The lowest BCUT2D eigenvalue weighted by Gasteiger charge is -2.10. The second kappa shape index (κ2) is 7.52. The van der Waals surface area contributed by atoms with Gasteiger partial charge in [-0.25, -0.2) is 4.68 Å². The SMILES string of the molecule is COCc1nnc(NC(=O)c2cnn(-c3ccccc3)c2-n2cccc2)s1. The summed E-state index contributed by atoms with van der Waals surface area (Å²) < 4.78 is 8.61. The number of ether oxygens (including phenoxy) is 1. The molecular weight excluding hydrogens is 364 g/mol. The summed E-state index contributed by atoms with van der Waals surface area (Å²) >= 11 is 1.27. The third kappa shape index (κ3) is 3.50. The van der Waals surface area contributed by atoms with E-state index in [1.54, 1.807) is 18.0 Å². The van der Waals surface area contributed by atoms with Crippen LogP contribution in [0.1, 0.15) is 15.4 Å². The molecule has 0 aliphatic heterocycles. The number of carbonyl (C=O) groups excluding carboxylic acids is 1. The highest BCUT2D eigenvalue weighted by atomic mass is 32.1. The maximum Gasteiger partial charge on any atom is 0.262 e. The van der Waals surface area contributed by atoms with Gasteiger partial charge in [0.05, 0.1) is 11.9 Å². The number of anilines is 1. The Labute approximate surface area is 159 Å². The van der Waals surface area contributed by atoms with Crippen LogP contribution in [0.15, 0.2) is 61.1 Å². The highest BCUT2D eigenvalue weighted by molar-refractivity contribution is 7.15. The van der Waals surface area contributed by atoms with Crippen LogP contribution in [0, 0.1) is 0 Å². The van der Waals surface area contributed by atoms with Crippen LogP contribution in [-0.2, 0) is 11.3 Å². The van der Waals surface area contributed by atoms with Crippen LogP contribution in [0.2, 0.25) is 0 Å². The average Bonchev–Trinajstić information content (AvgIpc) is 3.43. The van der Waals surface area contributed by atoms with E-state index in [1.807, 2.05) is 59.4 Å². The van der Waals surface area contributed by atoms with Gasteiger partial charge in [-0.1, -0.05) is 29.5 Å². The fourth-order valence-electron chi connectivity index (χ4n) is 2.63. The first-order valence-corrected chi connectivity index (χ1v) is 8.97. The third-order valence-corrected chi connectivity index (χ3v) is 4.61. The summed E-state index contributed by atoms with van der Waals surface area (Å²) in [5, 5.41) is 16.3. The molecule has 4 rings (SSSR count). The number of amides is 1. The van der Waals surface area contributed by atoms with Gasteiger partial charge >= 0.3 is 0 Å². The Morgan fingerprint density at radius 3 is 2.67 bits per heavy atom. The highest BCUT2D eigenvalue weighted by Crippen LogP contribution is 2.22. The van der Waals surface area contributed by atoms with E-state index in [-0.39, 0.29) is 5.91 Å². The molecule has 0 spiro atoms. The maximum atomic E-state index is 12.9. The lowest BCUT2D eigenvalue weighted by atomic mass is 10.3. The molecule has 1 aromatic carbocycles. The minimum Gasteiger partial charge on any atom is -0.377 e. The molecular formula is C18H16N6O2S. The van der Waals surface area contributed by atoms with Crippen LogP contribution in [0.4, 0.5) is 5.13 Å². The van der Waals surface area contributed by atoms with Crippen molar-refractivity contribution in [2.45, 2.75) is 6.61 Å². The molecule has 0 aliphatic carbocycles. The normalized spacial score (nSPS) is 10.9.